The van der Waals surface area contributed by atoms with Gasteiger partial charge in [0.15, 0.2) is 0 Å². The molecule has 1 aromatic carbocycles. The van der Waals surface area contributed by atoms with Crippen LogP contribution in [0.1, 0.15) is 28.1 Å². The fraction of sp³-hybridized carbons (Fsp3) is 0.312. The Labute approximate surface area is 113 Å². The van der Waals surface area contributed by atoms with Gasteiger partial charge in [0, 0.05) is 11.3 Å². The van der Waals surface area contributed by atoms with Crippen molar-refractivity contribution in [1.29, 1.82) is 0 Å². The average molecular weight is 254 g/mol. The number of hydrogen-bond acceptors (Lipinski definition) is 2. The van der Waals surface area contributed by atoms with Crippen molar-refractivity contribution in [2.75, 3.05) is 6.61 Å². The van der Waals surface area contributed by atoms with E-state index in [1.54, 1.807) is 0 Å². The third-order valence-corrected chi connectivity index (χ3v) is 3.38. The van der Waals surface area contributed by atoms with Gasteiger partial charge in [-0.2, -0.15) is 5.10 Å². The molecule has 0 spiro atoms. The Hall–Kier alpha value is -2.05. The molecule has 0 saturated carbocycles. The van der Waals surface area contributed by atoms with Gasteiger partial charge >= 0.3 is 0 Å². The van der Waals surface area contributed by atoms with Gasteiger partial charge in [-0.3, -0.25) is 4.68 Å². The second-order valence-corrected chi connectivity index (χ2v) is 4.57. The topological polar surface area (TPSA) is 38.0 Å². The predicted molar refractivity (Wildman–Crippen MR) is 75.9 cm³/mol. The standard InChI is InChI=1S/C16H18N2O/c1-12-13(2)17-18(14(12)3)11-16-8-5-4-7-15(16)9-6-10-19/h4-5,7-8,19H,10-11H2,1-3H3. The first kappa shape index (κ1) is 13.4. The minimum Gasteiger partial charge on any atom is -0.384 e. The summed E-state index contributed by atoms with van der Waals surface area (Å²) >= 11 is 0. The van der Waals surface area contributed by atoms with Gasteiger partial charge in [0.25, 0.3) is 0 Å². The lowest BCUT2D eigenvalue weighted by molar-refractivity contribution is 0.350. The Kier molecular flexibility index (Phi) is 4.03. The number of aryl methyl sites for hydroxylation is 1. The van der Waals surface area contributed by atoms with Crippen molar-refractivity contribution in [3.05, 3.63) is 52.3 Å². The summed E-state index contributed by atoms with van der Waals surface area (Å²) in [7, 11) is 0. The van der Waals surface area contributed by atoms with Gasteiger partial charge in [0.1, 0.15) is 6.61 Å². The third kappa shape index (κ3) is 2.86. The molecule has 0 radical (unpaired) electrons. The van der Waals surface area contributed by atoms with Gasteiger partial charge in [0.2, 0.25) is 0 Å². The zero-order valence-corrected chi connectivity index (χ0v) is 11.6. The van der Waals surface area contributed by atoms with E-state index in [4.69, 9.17) is 5.11 Å². The largest absolute Gasteiger partial charge is 0.384 e. The zero-order chi connectivity index (χ0) is 13.8. The van der Waals surface area contributed by atoms with Crippen LogP contribution in [0, 0.1) is 32.6 Å². The molecule has 1 N–H and O–H groups in total. The fourth-order valence-electron chi connectivity index (χ4n) is 2.02. The maximum absolute atomic E-state index is 8.80. The number of nitrogens with zero attached hydrogens (tertiary/aromatic N) is 2. The summed E-state index contributed by atoms with van der Waals surface area (Å²) in [5, 5.41) is 13.3. The molecule has 1 heterocycles. The summed E-state index contributed by atoms with van der Waals surface area (Å²) in [6.07, 6.45) is 0. The van der Waals surface area contributed by atoms with Crippen LogP contribution in [0.4, 0.5) is 0 Å². The van der Waals surface area contributed by atoms with E-state index in [9.17, 15) is 0 Å². The molecule has 1 aromatic heterocycles. The average Bonchev–Trinajstić information content (AvgIpc) is 2.65. The molecule has 2 aromatic rings. The van der Waals surface area contributed by atoms with Gasteiger partial charge in [-0.1, -0.05) is 30.0 Å². The molecule has 0 unspecified atom stereocenters. The van der Waals surface area contributed by atoms with Crippen molar-refractivity contribution in [2.45, 2.75) is 27.3 Å². The molecule has 19 heavy (non-hydrogen) atoms. The first-order valence-electron chi connectivity index (χ1n) is 6.31. The normalized spacial score (nSPS) is 10.1. The van der Waals surface area contributed by atoms with Gasteiger partial charge < -0.3 is 5.11 Å². The summed E-state index contributed by atoms with van der Waals surface area (Å²) in [6, 6.07) is 7.97. The van der Waals surface area contributed by atoms with E-state index in [0.717, 1.165) is 16.8 Å². The molecule has 0 fully saturated rings. The number of aliphatic hydroxyl groups excluding tert-OH is 1. The van der Waals surface area contributed by atoms with E-state index in [0.29, 0.717) is 6.54 Å². The van der Waals surface area contributed by atoms with Gasteiger partial charge in [0.05, 0.1) is 12.2 Å². The minimum absolute atomic E-state index is 0.118. The third-order valence-electron chi connectivity index (χ3n) is 3.38. The highest BCUT2D eigenvalue weighted by molar-refractivity contribution is 5.41. The van der Waals surface area contributed by atoms with Crippen LogP contribution in [0.15, 0.2) is 24.3 Å². The van der Waals surface area contributed by atoms with Crippen LogP contribution in [-0.4, -0.2) is 21.5 Å². The molecule has 0 amide bonds. The molecule has 0 bridgehead atoms. The van der Waals surface area contributed by atoms with Crippen LogP contribution in [0.5, 0.6) is 0 Å². The van der Waals surface area contributed by atoms with E-state index in [-0.39, 0.29) is 6.61 Å². The molecule has 0 atom stereocenters. The Bertz CT molecular complexity index is 644. The van der Waals surface area contributed by atoms with Crippen molar-refractivity contribution in [2.24, 2.45) is 0 Å². The Balaban J connectivity index is 2.35. The van der Waals surface area contributed by atoms with Crippen LogP contribution in [0.3, 0.4) is 0 Å². The van der Waals surface area contributed by atoms with Gasteiger partial charge in [-0.05, 0) is 38.0 Å². The second-order valence-electron chi connectivity index (χ2n) is 4.57. The molecular weight excluding hydrogens is 236 g/mol. The molecule has 98 valence electrons. The summed E-state index contributed by atoms with van der Waals surface area (Å²) in [5.41, 5.74) is 5.55. The Morgan fingerprint density at radius 3 is 2.58 bits per heavy atom. The molecular formula is C16H18N2O. The number of aromatic nitrogens is 2. The fourth-order valence-corrected chi connectivity index (χ4v) is 2.02. The molecule has 3 nitrogen and oxygen atoms in total. The monoisotopic (exact) mass is 254 g/mol. The molecule has 0 aliphatic carbocycles. The highest BCUT2D eigenvalue weighted by Gasteiger charge is 2.08. The summed E-state index contributed by atoms with van der Waals surface area (Å²) in [6.45, 7) is 6.78. The highest BCUT2D eigenvalue weighted by atomic mass is 16.2. The van der Waals surface area contributed by atoms with Crippen molar-refractivity contribution in [3.63, 3.8) is 0 Å². The van der Waals surface area contributed by atoms with Crippen molar-refractivity contribution in [1.82, 2.24) is 9.78 Å². The number of benzene rings is 1. The first-order valence-corrected chi connectivity index (χ1v) is 6.31. The lowest BCUT2D eigenvalue weighted by Gasteiger charge is -2.07. The van der Waals surface area contributed by atoms with Crippen molar-refractivity contribution in [3.8, 4) is 11.8 Å². The maximum atomic E-state index is 8.80. The van der Waals surface area contributed by atoms with Crippen LogP contribution in [0.25, 0.3) is 0 Å². The first-order chi connectivity index (χ1) is 9.13. The van der Waals surface area contributed by atoms with Gasteiger partial charge in [-0.15, -0.1) is 0 Å². The highest BCUT2D eigenvalue weighted by Crippen LogP contribution is 2.15. The van der Waals surface area contributed by atoms with Crippen molar-refractivity contribution >= 4 is 0 Å². The van der Waals surface area contributed by atoms with Crippen molar-refractivity contribution < 1.29 is 5.11 Å². The summed E-state index contributed by atoms with van der Waals surface area (Å²) in [4.78, 5) is 0. The maximum Gasteiger partial charge on any atom is 0.104 e. The van der Waals surface area contributed by atoms with Gasteiger partial charge in [-0.25, -0.2) is 0 Å². The van der Waals surface area contributed by atoms with E-state index >= 15 is 0 Å². The van der Waals surface area contributed by atoms with Crippen LogP contribution in [-0.2, 0) is 6.54 Å². The molecule has 0 aliphatic heterocycles. The molecule has 0 saturated heterocycles. The number of aliphatic hydroxyl groups is 1. The quantitative estimate of drug-likeness (QED) is 0.834. The molecule has 0 aliphatic rings. The van der Waals surface area contributed by atoms with E-state index in [2.05, 4.69) is 30.8 Å². The second kappa shape index (κ2) is 5.73. The SMILES string of the molecule is Cc1nn(Cc2ccccc2C#CCO)c(C)c1C. The minimum atomic E-state index is -0.118. The smallest absolute Gasteiger partial charge is 0.104 e. The molecule has 2 rings (SSSR count). The van der Waals surface area contributed by atoms with Crippen LogP contribution >= 0.6 is 0 Å². The lowest BCUT2D eigenvalue weighted by Crippen LogP contribution is -2.05. The van der Waals surface area contributed by atoms with E-state index in [1.165, 1.54) is 11.3 Å². The molecule has 3 heteroatoms. The van der Waals surface area contributed by atoms with Crippen LogP contribution < -0.4 is 0 Å². The van der Waals surface area contributed by atoms with Crippen LogP contribution in [0.2, 0.25) is 0 Å². The summed E-state index contributed by atoms with van der Waals surface area (Å²) < 4.78 is 2.00. The lowest BCUT2D eigenvalue weighted by atomic mass is 10.1. The Morgan fingerprint density at radius 2 is 1.95 bits per heavy atom. The zero-order valence-electron chi connectivity index (χ0n) is 11.6. The summed E-state index contributed by atoms with van der Waals surface area (Å²) in [5.74, 6) is 5.68. The number of rotatable bonds is 2. The number of hydrogen-bond donors (Lipinski definition) is 1. The van der Waals surface area contributed by atoms with E-state index in [1.807, 2.05) is 35.9 Å². The predicted octanol–water partition coefficient (Wildman–Crippen LogP) is 2.20. The Morgan fingerprint density at radius 1 is 1.21 bits per heavy atom. The van der Waals surface area contributed by atoms with E-state index < -0.39 is 0 Å².